The van der Waals surface area contributed by atoms with E-state index in [2.05, 4.69) is 69.4 Å². The second kappa shape index (κ2) is 10.9. The van der Waals surface area contributed by atoms with Crippen LogP contribution in [0.1, 0.15) is 11.1 Å². The van der Waals surface area contributed by atoms with Crippen LogP contribution in [0.15, 0.2) is 113 Å². The van der Waals surface area contributed by atoms with E-state index in [1.165, 1.54) is 22.4 Å². The van der Waals surface area contributed by atoms with E-state index in [-0.39, 0.29) is 5.82 Å². The SMILES string of the molecule is Fc1ccc(CSc2nnc(-c3ccc(CSc4nc5ccccc5s4)cc3)n2-c2ccccc2)cc1. The van der Waals surface area contributed by atoms with Crippen molar-refractivity contribution in [2.24, 2.45) is 0 Å². The molecule has 6 rings (SSSR count). The summed E-state index contributed by atoms with van der Waals surface area (Å²) in [6.07, 6.45) is 0. The lowest BCUT2D eigenvalue weighted by Crippen LogP contribution is -1.99. The highest BCUT2D eigenvalue weighted by Gasteiger charge is 2.16. The quantitative estimate of drug-likeness (QED) is 0.182. The van der Waals surface area contributed by atoms with Gasteiger partial charge >= 0.3 is 0 Å². The van der Waals surface area contributed by atoms with Crippen LogP contribution < -0.4 is 0 Å². The highest BCUT2D eigenvalue weighted by molar-refractivity contribution is 8.00. The molecule has 0 radical (unpaired) electrons. The van der Waals surface area contributed by atoms with Gasteiger partial charge in [-0.1, -0.05) is 90.3 Å². The Bertz CT molecular complexity index is 1600. The molecule has 0 amide bonds. The summed E-state index contributed by atoms with van der Waals surface area (Å²) in [5, 5.41) is 9.86. The van der Waals surface area contributed by atoms with Crippen molar-refractivity contribution in [2.45, 2.75) is 21.0 Å². The van der Waals surface area contributed by atoms with Gasteiger partial charge in [-0.25, -0.2) is 9.37 Å². The monoisotopic (exact) mass is 540 g/mol. The van der Waals surface area contributed by atoms with E-state index < -0.39 is 0 Å². The molecule has 0 fully saturated rings. The number of nitrogens with zero attached hydrogens (tertiary/aromatic N) is 4. The number of benzene rings is 4. The lowest BCUT2D eigenvalue weighted by atomic mass is 10.1. The molecule has 182 valence electrons. The van der Waals surface area contributed by atoms with Crippen molar-refractivity contribution < 1.29 is 4.39 Å². The van der Waals surface area contributed by atoms with Gasteiger partial charge in [0.05, 0.1) is 10.2 Å². The lowest BCUT2D eigenvalue weighted by Gasteiger charge is -2.11. The molecule has 0 spiro atoms. The highest BCUT2D eigenvalue weighted by Crippen LogP contribution is 2.33. The van der Waals surface area contributed by atoms with Crippen molar-refractivity contribution >= 4 is 45.1 Å². The minimum absolute atomic E-state index is 0.231. The van der Waals surface area contributed by atoms with E-state index in [4.69, 9.17) is 4.98 Å². The number of fused-ring (bicyclic) bond motifs is 1. The largest absolute Gasteiger partial charge is 0.270 e. The summed E-state index contributed by atoms with van der Waals surface area (Å²) >= 11 is 5.07. The number of thioether (sulfide) groups is 2. The van der Waals surface area contributed by atoms with Gasteiger partial charge < -0.3 is 0 Å². The maximum Gasteiger partial charge on any atom is 0.196 e. The number of halogens is 1. The maximum atomic E-state index is 13.3. The Hall–Kier alpha value is -3.46. The normalized spacial score (nSPS) is 11.3. The van der Waals surface area contributed by atoms with Crippen LogP contribution >= 0.6 is 34.9 Å². The van der Waals surface area contributed by atoms with Crippen LogP contribution in [-0.4, -0.2) is 19.7 Å². The molecule has 0 aliphatic heterocycles. The Morgan fingerprint density at radius 2 is 1.38 bits per heavy atom. The minimum atomic E-state index is -0.231. The van der Waals surface area contributed by atoms with Crippen LogP contribution in [0.25, 0.3) is 27.3 Å². The maximum absolute atomic E-state index is 13.3. The topological polar surface area (TPSA) is 43.6 Å². The molecule has 2 aromatic heterocycles. The van der Waals surface area contributed by atoms with Gasteiger partial charge in [-0.05, 0) is 47.5 Å². The zero-order chi connectivity index (χ0) is 25.0. The van der Waals surface area contributed by atoms with Crippen LogP contribution in [0.4, 0.5) is 4.39 Å². The standard InChI is InChI=1S/C29H21FN4S3/c30-23-16-12-21(13-17-23)18-35-28-33-32-27(34(28)24-6-2-1-3-7-24)22-14-10-20(11-15-22)19-36-29-31-25-8-4-5-9-26(25)37-29/h1-17H,18-19H2. The molecule has 0 aliphatic rings. The summed E-state index contributed by atoms with van der Waals surface area (Å²) < 4.78 is 17.7. The Morgan fingerprint density at radius 3 is 2.14 bits per heavy atom. The number of hydrogen-bond acceptors (Lipinski definition) is 6. The number of para-hydroxylation sites is 2. The predicted molar refractivity (Wildman–Crippen MR) is 152 cm³/mol. The van der Waals surface area contributed by atoms with E-state index in [0.717, 1.165) is 43.4 Å². The van der Waals surface area contributed by atoms with Crippen molar-refractivity contribution in [3.63, 3.8) is 0 Å². The zero-order valence-electron chi connectivity index (χ0n) is 19.6. The summed E-state index contributed by atoms with van der Waals surface area (Å²) in [4.78, 5) is 4.72. The first kappa shape index (κ1) is 23.9. The molecule has 0 saturated carbocycles. The average Bonchev–Trinajstić information content (AvgIpc) is 3.56. The van der Waals surface area contributed by atoms with Gasteiger partial charge in [0.25, 0.3) is 0 Å². The average molecular weight is 541 g/mol. The molecule has 0 unspecified atom stereocenters. The first-order chi connectivity index (χ1) is 18.2. The Balaban J connectivity index is 1.22. The van der Waals surface area contributed by atoms with E-state index in [1.54, 1.807) is 47.0 Å². The van der Waals surface area contributed by atoms with Gasteiger partial charge in [-0.15, -0.1) is 21.5 Å². The van der Waals surface area contributed by atoms with Crippen LogP contribution in [0, 0.1) is 5.82 Å². The van der Waals surface area contributed by atoms with Crippen molar-refractivity contribution in [2.75, 3.05) is 0 Å². The summed E-state index contributed by atoms with van der Waals surface area (Å²) in [7, 11) is 0. The fraction of sp³-hybridized carbons (Fsp3) is 0.0690. The van der Waals surface area contributed by atoms with E-state index in [9.17, 15) is 4.39 Å². The second-order valence-electron chi connectivity index (χ2n) is 8.33. The smallest absolute Gasteiger partial charge is 0.196 e. The summed E-state index contributed by atoms with van der Waals surface area (Å²) in [6, 6.07) is 33.4. The molecular formula is C29H21FN4S3. The van der Waals surface area contributed by atoms with Crippen LogP contribution in [0.3, 0.4) is 0 Å². The molecule has 0 atom stereocenters. The van der Waals surface area contributed by atoms with Crippen LogP contribution in [-0.2, 0) is 11.5 Å². The van der Waals surface area contributed by atoms with Crippen molar-refractivity contribution in [3.8, 4) is 17.1 Å². The Kier molecular flexibility index (Phi) is 7.03. The lowest BCUT2D eigenvalue weighted by molar-refractivity contribution is 0.627. The molecule has 0 N–H and O–H groups in total. The molecule has 0 bridgehead atoms. The minimum Gasteiger partial charge on any atom is -0.270 e. The number of hydrogen-bond donors (Lipinski definition) is 0. The van der Waals surface area contributed by atoms with Gasteiger partial charge in [0, 0.05) is 22.8 Å². The van der Waals surface area contributed by atoms with Gasteiger partial charge in [-0.2, -0.15) is 0 Å². The Labute approximate surface area is 226 Å². The summed E-state index contributed by atoms with van der Waals surface area (Å²) in [5.41, 5.74) is 5.31. The highest BCUT2D eigenvalue weighted by atomic mass is 32.2. The molecule has 6 aromatic rings. The Morgan fingerprint density at radius 1 is 0.703 bits per heavy atom. The van der Waals surface area contributed by atoms with Gasteiger partial charge in [0.15, 0.2) is 15.3 Å². The van der Waals surface area contributed by atoms with E-state index in [1.807, 2.05) is 24.3 Å². The first-order valence-electron chi connectivity index (χ1n) is 11.7. The van der Waals surface area contributed by atoms with Crippen molar-refractivity contribution in [3.05, 3.63) is 120 Å². The van der Waals surface area contributed by atoms with Crippen LogP contribution in [0.5, 0.6) is 0 Å². The van der Waals surface area contributed by atoms with Gasteiger partial charge in [0.2, 0.25) is 0 Å². The molecule has 8 heteroatoms. The third kappa shape index (κ3) is 5.46. The fourth-order valence-corrected chi connectivity index (χ4v) is 6.83. The number of thiazole rings is 1. The third-order valence-electron chi connectivity index (χ3n) is 5.78. The molecule has 0 saturated heterocycles. The van der Waals surface area contributed by atoms with Crippen molar-refractivity contribution in [1.29, 1.82) is 0 Å². The predicted octanol–water partition coefficient (Wildman–Crippen LogP) is 8.27. The molecule has 4 aromatic carbocycles. The van der Waals surface area contributed by atoms with Gasteiger partial charge in [0.1, 0.15) is 5.82 Å². The zero-order valence-corrected chi connectivity index (χ0v) is 22.1. The molecular weight excluding hydrogens is 520 g/mol. The van der Waals surface area contributed by atoms with Crippen molar-refractivity contribution in [1.82, 2.24) is 19.7 Å². The van der Waals surface area contributed by atoms with Gasteiger partial charge in [-0.3, -0.25) is 4.57 Å². The van der Waals surface area contributed by atoms with E-state index >= 15 is 0 Å². The first-order valence-corrected chi connectivity index (χ1v) is 14.5. The number of rotatable bonds is 8. The number of aromatic nitrogens is 4. The molecule has 4 nitrogen and oxygen atoms in total. The molecule has 2 heterocycles. The third-order valence-corrected chi connectivity index (χ3v) is 9.03. The summed E-state index contributed by atoms with van der Waals surface area (Å²) in [6.45, 7) is 0. The van der Waals surface area contributed by atoms with E-state index in [0.29, 0.717) is 5.75 Å². The second-order valence-corrected chi connectivity index (χ2v) is 11.5. The summed E-state index contributed by atoms with van der Waals surface area (Å²) in [5.74, 6) is 2.08. The van der Waals surface area contributed by atoms with Crippen LogP contribution in [0.2, 0.25) is 0 Å². The fourth-order valence-electron chi connectivity index (χ4n) is 3.90. The molecule has 0 aliphatic carbocycles. The molecule has 37 heavy (non-hydrogen) atoms.